The predicted octanol–water partition coefficient (Wildman–Crippen LogP) is 0.538. The monoisotopic (exact) mass is 254 g/mol. The average Bonchev–Trinajstić information content (AvgIpc) is 2.78. The molecule has 94 valence electrons. The largest absolute Gasteiger partial charge is 0.351 e. The van der Waals surface area contributed by atoms with Gasteiger partial charge >= 0.3 is 0 Å². The van der Waals surface area contributed by atoms with Crippen LogP contribution in [-0.4, -0.2) is 41.2 Å². The lowest BCUT2D eigenvalue weighted by Gasteiger charge is -2.12. The van der Waals surface area contributed by atoms with Crippen LogP contribution in [0.2, 0.25) is 0 Å². The summed E-state index contributed by atoms with van der Waals surface area (Å²) in [7, 11) is 0. The van der Waals surface area contributed by atoms with Crippen molar-refractivity contribution in [2.24, 2.45) is 0 Å². The summed E-state index contributed by atoms with van der Waals surface area (Å²) in [6, 6.07) is 0. The zero-order valence-corrected chi connectivity index (χ0v) is 10.8. The smallest absolute Gasteiger partial charge is 0.272 e. The van der Waals surface area contributed by atoms with Gasteiger partial charge in [0.25, 0.3) is 5.91 Å². The van der Waals surface area contributed by atoms with Crippen molar-refractivity contribution in [1.29, 1.82) is 0 Å². The number of hydrogen-bond donors (Lipinski definition) is 3. The minimum Gasteiger partial charge on any atom is -0.351 e. The molecule has 0 aliphatic carbocycles. The lowest BCUT2D eigenvalue weighted by Crippen LogP contribution is -2.29. The second-order valence-electron chi connectivity index (χ2n) is 4.06. The maximum absolute atomic E-state index is 11.9. The van der Waals surface area contributed by atoms with E-state index >= 15 is 0 Å². The van der Waals surface area contributed by atoms with Gasteiger partial charge in [-0.3, -0.25) is 9.89 Å². The minimum atomic E-state index is -0.0627. The van der Waals surface area contributed by atoms with E-state index in [1.165, 1.54) is 0 Å². The third-order valence-corrected chi connectivity index (χ3v) is 3.53. The van der Waals surface area contributed by atoms with E-state index in [1.54, 1.807) is 11.8 Å². The summed E-state index contributed by atoms with van der Waals surface area (Å²) in [6.45, 7) is 2.40. The van der Waals surface area contributed by atoms with E-state index < -0.39 is 0 Å². The van der Waals surface area contributed by atoms with E-state index in [9.17, 15) is 4.79 Å². The minimum absolute atomic E-state index is 0.0627. The van der Waals surface area contributed by atoms with Crippen molar-refractivity contribution < 1.29 is 4.79 Å². The average molecular weight is 254 g/mol. The van der Waals surface area contributed by atoms with Crippen molar-refractivity contribution in [2.75, 3.05) is 25.1 Å². The van der Waals surface area contributed by atoms with Gasteiger partial charge in [-0.05, 0) is 18.4 Å². The molecule has 0 atom stereocenters. The fourth-order valence-electron chi connectivity index (χ4n) is 1.92. The SMILES string of the molecule is CSCCCNC(=O)c1n[nH]c2c1CNCC2. The van der Waals surface area contributed by atoms with Crippen molar-refractivity contribution >= 4 is 17.7 Å². The number of carbonyl (C=O) groups is 1. The molecule has 0 radical (unpaired) electrons. The molecule has 0 bridgehead atoms. The molecule has 6 heteroatoms. The summed E-state index contributed by atoms with van der Waals surface area (Å²) >= 11 is 1.79. The van der Waals surface area contributed by atoms with E-state index in [0.29, 0.717) is 12.2 Å². The highest BCUT2D eigenvalue weighted by Crippen LogP contribution is 2.14. The fourth-order valence-corrected chi connectivity index (χ4v) is 2.35. The molecule has 0 unspecified atom stereocenters. The van der Waals surface area contributed by atoms with Crippen LogP contribution in [0, 0.1) is 0 Å². The Labute approximate surface area is 105 Å². The van der Waals surface area contributed by atoms with Gasteiger partial charge in [0.05, 0.1) is 0 Å². The van der Waals surface area contributed by atoms with E-state index in [-0.39, 0.29) is 5.91 Å². The zero-order valence-electron chi connectivity index (χ0n) is 10.0. The first kappa shape index (κ1) is 12.4. The summed E-state index contributed by atoms with van der Waals surface area (Å²) in [4.78, 5) is 11.9. The van der Waals surface area contributed by atoms with E-state index in [4.69, 9.17) is 0 Å². The second kappa shape index (κ2) is 6.07. The van der Waals surface area contributed by atoms with Crippen molar-refractivity contribution in [3.63, 3.8) is 0 Å². The molecular formula is C11H18N4OS. The molecule has 1 aliphatic rings. The van der Waals surface area contributed by atoms with Crippen LogP contribution in [0.5, 0.6) is 0 Å². The lowest BCUT2D eigenvalue weighted by atomic mass is 10.1. The molecule has 1 aliphatic heterocycles. The van der Waals surface area contributed by atoms with Crippen LogP contribution in [-0.2, 0) is 13.0 Å². The molecular weight excluding hydrogens is 236 g/mol. The number of nitrogens with zero attached hydrogens (tertiary/aromatic N) is 1. The zero-order chi connectivity index (χ0) is 12.1. The summed E-state index contributed by atoms with van der Waals surface area (Å²) in [5.41, 5.74) is 2.67. The molecule has 1 amide bonds. The van der Waals surface area contributed by atoms with Crippen LogP contribution < -0.4 is 10.6 Å². The van der Waals surface area contributed by atoms with Crippen LogP contribution >= 0.6 is 11.8 Å². The summed E-state index contributed by atoms with van der Waals surface area (Å²) in [5, 5.41) is 13.2. The van der Waals surface area contributed by atoms with Crippen LogP contribution in [0.4, 0.5) is 0 Å². The van der Waals surface area contributed by atoms with Crippen LogP contribution in [0.1, 0.15) is 28.2 Å². The Hall–Kier alpha value is -1.01. The quantitative estimate of drug-likeness (QED) is 0.671. The van der Waals surface area contributed by atoms with E-state index in [0.717, 1.165) is 42.9 Å². The number of hydrogen-bond acceptors (Lipinski definition) is 4. The highest BCUT2D eigenvalue weighted by atomic mass is 32.2. The van der Waals surface area contributed by atoms with Crippen LogP contribution in [0.15, 0.2) is 0 Å². The van der Waals surface area contributed by atoms with Gasteiger partial charge in [-0.2, -0.15) is 16.9 Å². The molecule has 1 aromatic heterocycles. The number of thioether (sulfide) groups is 1. The maximum Gasteiger partial charge on any atom is 0.272 e. The van der Waals surface area contributed by atoms with E-state index in [2.05, 4.69) is 27.1 Å². The summed E-state index contributed by atoms with van der Waals surface area (Å²) in [5.74, 6) is 1.01. The first-order valence-corrected chi connectivity index (χ1v) is 7.26. The first-order valence-electron chi connectivity index (χ1n) is 5.87. The van der Waals surface area contributed by atoms with E-state index in [1.807, 2.05) is 0 Å². The molecule has 0 saturated heterocycles. The molecule has 5 nitrogen and oxygen atoms in total. The molecule has 2 heterocycles. The van der Waals surface area contributed by atoms with Gasteiger partial charge in [-0.1, -0.05) is 0 Å². The van der Waals surface area contributed by atoms with Gasteiger partial charge in [0, 0.05) is 37.3 Å². The predicted molar refractivity (Wildman–Crippen MR) is 69.3 cm³/mol. The molecule has 17 heavy (non-hydrogen) atoms. The molecule has 3 N–H and O–H groups in total. The highest BCUT2D eigenvalue weighted by molar-refractivity contribution is 7.98. The van der Waals surface area contributed by atoms with Gasteiger partial charge < -0.3 is 10.6 Å². The van der Waals surface area contributed by atoms with Crippen LogP contribution in [0.3, 0.4) is 0 Å². The molecule has 0 saturated carbocycles. The normalized spacial score (nSPS) is 14.4. The Morgan fingerprint density at radius 1 is 1.59 bits per heavy atom. The number of fused-ring (bicyclic) bond motifs is 1. The molecule has 0 spiro atoms. The van der Waals surface area contributed by atoms with Gasteiger partial charge in [-0.15, -0.1) is 0 Å². The lowest BCUT2D eigenvalue weighted by molar-refractivity contribution is 0.0947. The summed E-state index contributed by atoms with van der Waals surface area (Å²) in [6.07, 6.45) is 3.98. The molecule has 1 aromatic rings. The van der Waals surface area contributed by atoms with Gasteiger partial charge in [0.15, 0.2) is 5.69 Å². The number of aromatic nitrogens is 2. The number of carbonyl (C=O) groups excluding carboxylic acids is 1. The number of amides is 1. The number of nitrogens with one attached hydrogen (secondary N) is 3. The number of rotatable bonds is 5. The standard InChI is InChI=1S/C11H18N4OS/c1-17-6-2-4-13-11(16)10-8-7-12-5-3-9(8)14-15-10/h12H,2-7H2,1H3,(H,13,16)(H,14,15). The van der Waals surface area contributed by atoms with Crippen molar-refractivity contribution in [3.8, 4) is 0 Å². The second-order valence-corrected chi connectivity index (χ2v) is 5.04. The van der Waals surface area contributed by atoms with Crippen molar-refractivity contribution in [2.45, 2.75) is 19.4 Å². The van der Waals surface area contributed by atoms with Gasteiger partial charge in [-0.25, -0.2) is 0 Å². The highest BCUT2D eigenvalue weighted by Gasteiger charge is 2.20. The van der Waals surface area contributed by atoms with Gasteiger partial charge in [0.1, 0.15) is 0 Å². The first-order chi connectivity index (χ1) is 8.33. The van der Waals surface area contributed by atoms with Crippen LogP contribution in [0.25, 0.3) is 0 Å². The Balaban J connectivity index is 1.92. The fraction of sp³-hybridized carbons (Fsp3) is 0.636. The van der Waals surface area contributed by atoms with Gasteiger partial charge in [0.2, 0.25) is 0 Å². The van der Waals surface area contributed by atoms with Crippen molar-refractivity contribution in [1.82, 2.24) is 20.8 Å². The topological polar surface area (TPSA) is 69.8 Å². The maximum atomic E-state index is 11.9. The molecule has 0 fully saturated rings. The Morgan fingerprint density at radius 3 is 3.29 bits per heavy atom. The Morgan fingerprint density at radius 2 is 2.47 bits per heavy atom. The number of H-pyrrole nitrogens is 1. The third kappa shape index (κ3) is 3.01. The third-order valence-electron chi connectivity index (χ3n) is 2.83. The Kier molecular flexibility index (Phi) is 4.44. The van der Waals surface area contributed by atoms with Crippen molar-refractivity contribution in [3.05, 3.63) is 17.0 Å². The summed E-state index contributed by atoms with van der Waals surface area (Å²) < 4.78 is 0. The Bertz CT molecular complexity index is 391. The molecule has 2 rings (SSSR count). The molecule has 0 aromatic carbocycles. The number of aromatic amines is 1.